The molecule has 0 aromatic carbocycles. The summed E-state index contributed by atoms with van der Waals surface area (Å²) >= 11 is 0. The van der Waals surface area contributed by atoms with Gasteiger partial charge in [0.15, 0.2) is 0 Å². The molecule has 6 heteroatoms. The number of carbonyl (C=O) groups excluding carboxylic acids is 1. The molecule has 1 aromatic heterocycles. The van der Waals surface area contributed by atoms with Crippen molar-refractivity contribution < 1.29 is 14.3 Å². The minimum Gasteiger partial charge on any atom is -0.475 e. The van der Waals surface area contributed by atoms with Gasteiger partial charge in [-0.25, -0.2) is 4.98 Å². The van der Waals surface area contributed by atoms with Gasteiger partial charge in [-0.1, -0.05) is 0 Å². The number of aromatic nitrogens is 1. The van der Waals surface area contributed by atoms with Crippen molar-refractivity contribution >= 4 is 11.6 Å². The van der Waals surface area contributed by atoms with Crippen LogP contribution < -0.4 is 15.4 Å². The van der Waals surface area contributed by atoms with Crippen molar-refractivity contribution in [1.82, 2.24) is 10.3 Å². The molecule has 0 radical (unpaired) electrons. The molecule has 1 aliphatic heterocycles. The van der Waals surface area contributed by atoms with Crippen LogP contribution in [-0.4, -0.2) is 43.8 Å². The van der Waals surface area contributed by atoms with Gasteiger partial charge in [-0.3, -0.25) is 4.79 Å². The van der Waals surface area contributed by atoms with Crippen LogP contribution in [0.3, 0.4) is 0 Å². The number of nitrogens with zero attached hydrogens (tertiary/aromatic N) is 1. The van der Waals surface area contributed by atoms with Gasteiger partial charge in [-0.2, -0.15) is 0 Å². The Morgan fingerprint density at radius 1 is 1.53 bits per heavy atom. The summed E-state index contributed by atoms with van der Waals surface area (Å²) in [5.41, 5.74) is 0.679. The summed E-state index contributed by atoms with van der Waals surface area (Å²) in [6.07, 6.45) is 3.52. The van der Waals surface area contributed by atoms with E-state index in [9.17, 15) is 4.79 Å². The number of methoxy groups -OCH3 is 1. The molecule has 1 amide bonds. The summed E-state index contributed by atoms with van der Waals surface area (Å²) in [4.78, 5) is 16.0. The molecule has 1 saturated heterocycles. The molecule has 0 saturated carbocycles. The number of amides is 1. The third-order valence-electron chi connectivity index (χ3n) is 2.92. The molecule has 1 fully saturated rings. The van der Waals surface area contributed by atoms with Gasteiger partial charge in [0.05, 0.1) is 24.5 Å². The fourth-order valence-corrected chi connectivity index (χ4v) is 1.91. The lowest BCUT2D eigenvalue weighted by molar-refractivity contribution is -0.117. The van der Waals surface area contributed by atoms with Gasteiger partial charge < -0.3 is 20.1 Å². The molecular weight excluding hydrogens is 246 g/mol. The number of anilines is 1. The summed E-state index contributed by atoms with van der Waals surface area (Å²) in [5, 5.41) is 5.99. The summed E-state index contributed by atoms with van der Waals surface area (Å²) in [5.74, 6) is 0.515. The van der Waals surface area contributed by atoms with E-state index in [1.54, 1.807) is 25.4 Å². The molecule has 0 unspecified atom stereocenters. The quantitative estimate of drug-likeness (QED) is 0.744. The molecule has 2 rings (SSSR count). The Morgan fingerprint density at radius 3 is 3.05 bits per heavy atom. The largest absolute Gasteiger partial charge is 0.475 e. The highest BCUT2D eigenvalue weighted by atomic mass is 16.5. The van der Waals surface area contributed by atoms with Crippen molar-refractivity contribution in [2.45, 2.75) is 18.9 Å². The molecule has 1 atom stereocenters. The molecule has 6 nitrogen and oxygen atoms in total. The molecule has 0 spiro atoms. The number of hydrogen-bond acceptors (Lipinski definition) is 5. The van der Waals surface area contributed by atoms with Gasteiger partial charge in [0.25, 0.3) is 0 Å². The molecule has 1 aromatic rings. The van der Waals surface area contributed by atoms with Crippen molar-refractivity contribution in [2.75, 3.05) is 32.2 Å². The van der Waals surface area contributed by atoms with E-state index in [0.717, 1.165) is 19.4 Å². The lowest BCUT2D eigenvalue weighted by Gasteiger charge is -2.11. The van der Waals surface area contributed by atoms with Gasteiger partial charge in [0, 0.05) is 13.2 Å². The maximum absolute atomic E-state index is 11.9. The second kappa shape index (κ2) is 7.06. The average Bonchev–Trinajstić information content (AvgIpc) is 2.95. The van der Waals surface area contributed by atoms with E-state index in [0.29, 0.717) is 24.8 Å². The van der Waals surface area contributed by atoms with Crippen molar-refractivity contribution in [3.8, 4) is 5.88 Å². The molecule has 1 aliphatic rings. The minimum atomic E-state index is -0.0855. The summed E-state index contributed by atoms with van der Waals surface area (Å²) < 4.78 is 10.2. The third-order valence-corrected chi connectivity index (χ3v) is 2.92. The Balaban J connectivity index is 1.82. The first-order chi connectivity index (χ1) is 9.29. The van der Waals surface area contributed by atoms with Crippen molar-refractivity contribution in [3.63, 3.8) is 0 Å². The molecule has 2 heterocycles. The highest BCUT2D eigenvalue weighted by molar-refractivity contribution is 5.94. The molecule has 0 aliphatic carbocycles. The van der Waals surface area contributed by atoms with E-state index in [4.69, 9.17) is 9.47 Å². The Hall–Kier alpha value is -1.66. The maximum atomic E-state index is 11.9. The Bertz CT molecular complexity index is 402. The number of pyridine rings is 1. The zero-order valence-corrected chi connectivity index (χ0v) is 11.0. The van der Waals surface area contributed by atoms with E-state index in [1.807, 2.05) is 0 Å². The first-order valence-corrected chi connectivity index (χ1v) is 6.41. The minimum absolute atomic E-state index is 0.00708. The Morgan fingerprint density at radius 2 is 2.42 bits per heavy atom. The highest BCUT2D eigenvalue weighted by Gasteiger charge is 2.21. The first kappa shape index (κ1) is 13.8. The van der Waals surface area contributed by atoms with Crippen molar-refractivity contribution in [3.05, 3.63) is 18.3 Å². The van der Waals surface area contributed by atoms with Crippen LogP contribution >= 0.6 is 0 Å². The highest BCUT2D eigenvalue weighted by Crippen LogP contribution is 2.13. The van der Waals surface area contributed by atoms with Gasteiger partial charge in [0.2, 0.25) is 11.8 Å². The monoisotopic (exact) mass is 265 g/mol. The molecule has 19 heavy (non-hydrogen) atoms. The topological polar surface area (TPSA) is 72.5 Å². The van der Waals surface area contributed by atoms with Gasteiger partial charge in [-0.15, -0.1) is 0 Å². The molecule has 0 bridgehead atoms. The van der Waals surface area contributed by atoms with Gasteiger partial charge in [-0.05, 0) is 25.5 Å². The fraction of sp³-hybridized carbons (Fsp3) is 0.538. The van der Waals surface area contributed by atoms with Crippen LogP contribution in [0.5, 0.6) is 5.88 Å². The second-order valence-electron chi connectivity index (χ2n) is 4.36. The smallest absolute Gasteiger partial charge is 0.241 e. The zero-order chi connectivity index (χ0) is 13.5. The average molecular weight is 265 g/mol. The van der Waals surface area contributed by atoms with Crippen molar-refractivity contribution in [2.24, 2.45) is 0 Å². The predicted molar refractivity (Wildman–Crippen MR) is 71.3 cm³/mol. The first-order valence-electron chi connectivity index (χ1n) is 6.41. The number of ether oxygens (including phenoxy) is 2. The lowest BCUT2D eigenvalue weighted by atomic mass is 10.2. The van der Waals surface area contributed by atoms with E-state index >= 15 is 0 Å². The van der Waals surface area contributed by atoms with Crippen LogP contribution in [0.15, 0.2) is 18.3 Å². The molecule has 104 valence electrons. The van der Waals surface area contributed by atoms with Crippen LogP contribution in [0.4, 0.5) is 5.69 Å². The predicted octanol–water partition coefficient (Wildman–Crippen LogP) is 0.797. The van der Waals surface area contributed by atoms with E-state index in [2.05, 4.69) is 15.6 Å². The van der Waals surface area contributed by atoms with E-state index in [1.165, 1.54) is 0 Å². The SMILES string of the molecule is COCCOc1ccc(NC(=O)[C@@H]2CCCN2)cn1. The van der Waals surface area contributed by atoms with E-state index in [-0.39, 0.29) is 11.9 Å². The van der Waals surface area contributed by atoms with Gasteiger partial charge in [0.1, 0.15) is 6.61 Å². The van der Waals surface area contributed by atoms with E-state index < -0.39 is 0 Å². The summed E-state index contributed by atoms with van der Waals surface area (Å²) in [6, 6.07) is 3.42. The summed E-state index contributed by atoms with van der Waals surface area (Å²) in [7, 11) is 1.62. The fourth-order valence-electron chi connectivity index (χ4n) is 1.91. The third kappa shape index (κ3) is 4.18. The van der Waals surface area contributed by atoms with Crippen LogP contribution in [0.2, 0.25) is 0 Å². The standard InChI is InChI=1S/C13H19N3O3/c1-18-7-8-19-12-5-4-10(9-15-12)16-13(17)11-3-2-6-14-11/h4-5,9,11,14H,2-3,6-8H2,1H3,(H,16,17)/t11-/m0/s1. The Labute approximate surface area is 112 Å². The zero-order valence-electron chi connectivity index (χ0n) is 11.0. The van der Waals surface area contributed by atoms with Crippen LogP contribution in [0.25, 0.3) is 0 Å². The normalized spacial score (nSPS) is 18.3. The van der Waals surface area contributed by atoms with Gasteiger partial charge >= 0.3 is 0 Å². The summed E-state index contributed by atoms with van der Waals surface area (Å²) in [6.45, 7) is 1.89. The number of carbonyl (C=O) groups is 1. The molecule has 2 N–H and O–H groups in total. The van der Waals surface area contributed by atoms with Crippen LogP contribution in [0, 0.1) is 0 Å². The van der Waals surface area contributed by atoms with Crippen LogP contribution in [0.1, 0.15) is 12.8 Å². The molecular formula is C13H19N3O3. The maximum Gasteiger partial charge on any atom is 0.241 e. The number of nitrogens with one attached hydrogen (secondary N) is 2. The Kier molecular flexibility index (Phi) is 5.11. The van der Waals surface area contributed by atoms with Crippen LogP contribution in [-0.2, 0) is 9.53 Å². The second-order valence-corrected chi connectivity index (χ2v) is 4.36. The van der Waals surface area contributed by atoms with Crippen molar-refractivity contribution in [1.29, 1.82) is 0 Å². The lowest BCUT2D eigenvalue weighted by Crippen LogP contribution is -2.35. The number of hydrogen-bond donors (Lipinski definition) is 2. The number of rotatable bonds is 6.